The minimum atomic E-state index is -4.98. The summed E-state index contributed by atoms with van der Waals surface area (Å²) < 4.78 is 159. The Hall–Kier alpha value is 0.294. The molecule has 4 nitrogen and oxygen atoms in total. The van der Waals surface area contributed by atoms with Crippen LogP contribution in [0.4, 0.5) is 52.7 Å². The van der Waals surface area contributed by atoms with Gasteiger partial charge in [0.25, 0.3) is 0 Å². The predicted octanol–water partition coefficient (Wildman–Crippen LogP) is -1.79. The molecular formula is C18H27Cl2F12N4Ti. The van der Waals surface area contributed by atoms with Gasteiger partial charge in [-0.05, 0) is 0 Å². The fourth-order valence-corrected chi connectivity index (χ4v) is 4.14. The Bertz CT molecular complexity index is 663. The van der Waals surface area contributed by atoms with Gasteiger partial charge in [0.1, 0.15) is 0 Å². The van der Waals surface area contributed by atoms with E-state index in [-0.39, 0.29) is 24.8 Å². The normalized spacial score (nSPS) is 29.8. The molecule has 4 atom stereocenters. The molecule has 0 bridgehead atoms. The summed E-state index contributed by atoms with van der Waals surface area (Å²) in [5, 5.41) is 3.83. The molecule has 0 radical (unpaired) electrons. The van der Waals surface area contributed by atoms with Crippen LogP contribution in [0, 0.1) is 0 Å². The number of halogens is 14. The van der Waals surface area contributed by atoms with Gasteiger partial charge in [0.2, 0.25) is 0 Å². The van der Waals surface area contributed by atoms with Gasteiger partial charge in [-0.2, -0.15) is 0 Å². The minimum Gasteiger partial charge on any atom is -1.00 e. The van der Waals surface area contributed by atoms with Gasteiger partial charge in [-0.1, -0.05) is 0 Å². The van der Waals surface area contributed by atoms with E-state index in [0.29, 0.717) is 30.2 Å². The average Bonchev–Trinajstić information content (AvgIpc) is 2.64. The van der Waals surface area contributed by atoms with Crippen LogP contribution in [0.25, 0.3) is 0 Å². The predicted molar refractivity (Wildman–Crippen MR) is 98.0 cm³/mol. The zero-order valence-electron chi connectivity index (χ0n) is 19.6. The molecule has 0 aromatic carbocycles. The summed E-state index contributed by atoms with van der Waals surface area (Å²) >= 11 is 0.683. The van der Waals surface area contributed by atoms with Crippen molar-refractivity contribution in [3.05, 3.63) is 0 Å². The molecule has 2 N–H and O–H groups in total. The molecule has 1 saturated heterocycles. The van der Waals surface area contributed by atoms with Crippen LogP contribution >= 0.6 is 0 Å². The van der Waals surface area contributed by atoms with Crippen molar-refractivity contribution in [1.29, 1.82) is 0 Å². The van der Waals surface area contributed by atoms with Gasteiger partial charge in [-0.15, -0.1) is 0 Å². The van der Waals surface area contributed by atoms with Crippen LogP contribution < -0.4 is 35.4 Å². The van der Waals surface area contributed by atoms with Crippen LogP contribution in [0.2, 0.25) is 0 Å². The first-order valence-electron chi connectivity index (χ1n) is 10.5. The number of hydrogen-bond donors (Lipinski definition) is 2. The van der Waals surface area contributed by atoms with Crippen molar-refractivity contribution in [2.75, 3.05) is 40.3 Å². The Labute approximate surface area is 230 Å². The molecule has 37 heavy (non-hydrogen) atoms. The maximum absolute atomic E-state index is 13.8. The number of hydrogen-bond acceptors (Lipinski definition) is 4. The first kappa shape index (κ1) is 39.4. The summed E-state index contributed by atoms with van der Waals surface area (Å²) in [5.41, 5.74) is 0. The Balaban J connectivity index is 0. The molecule has 0 saturated carbocycles. The molecule has 1 rings (SSSR count). The summed E-state index contributed by atoms with van der Waals surface area (Å²) in [6, 6.07) is -7.06. The van der Waals surface area contributed by atoms with Gasteiger partial charge >= 0.3 is 206 Å². The molecular weight excluding hydrogens is 619 g/mol. The van der Waals surface area contributed by atoms with Crippen LogP contribution in [0.15, 0.2) is 0 Å². The summed E-state index contributed by atoms with van der Waals surface area (Å²) in [5.74, 6) is 0. The van der Waals surface area contributed by atoms with Crippen molar-refractivity contribution < 1.29 is 97.9 Å². The van der Waals surface area contributed by atoms with E-state index in [0.717, 1.165) is 14.1 Å². The molecule has 1 fully saturated rings. The van der Waals surface area contributed by atoms with Gasteiger partial charge in [0.15, 0.2) is 0 Å². The second kappa shape index (κ2) is 14.8. The van der Waals surface area contributed by atoms with E-state index in [1.54, 1.807) is 0 Å². The maximum Gasteiger partial charge on any atom is -1.00 e. The molecule has 4 unspecified atom stereocenters. The van der Waals surface area contributed by atoms with Crippen molar-refractivity contribution in [3.63, 3.8) is 0 Å². The van der Waals surface area contributed by atoms with E-state index >= 15 is 0 Å². The average molecular weight is 646 g/mol. The third-order valence-electron chi connectivity index (χ3n) is 6.03. The van der Waals surface area contributed by atoms with E-state index in [9.17, 15) is 52.7 Å². The van der Waals surface area contributed by atoms with Crippen molar-refractivity contribution in [2.24, 2.45) is 0 Å². The summed E-state index contributed by atoms with van der Waals surface area (Å²) in [7, 11) is 1.82. The molecule has 0 amide bonds. The van der Waals surface area contributed by atoms with Crippen molar-refractivity contribution in [3.8, 4) is 0 Å². The maximum atomic E-state index is 13.8. The Morgan fingerprint density at radius 3 is 1.57 bits per heavy atom. The van der Waals surface area contributed by atoms with Crippen LogP contribution in [-0.2, 0) is 20.4 Å². The van der Waals surface area contributed by atoms with Crippen molar-refractivity contribution >= 4 is 0 Å². The summed E-state index contributed by atoms with van der Waals surface area (Å²) in [4.78, 5) is 1.17. The quantitative estimate of drug-likeness (QED) is 0.241. The molecule has 0 aromatic rings. The number of nitrogens with one attached hydrogen (secondary N) is 2. The fraction of sp³-hybridized carbons (Fsp3) is 1.00. The Morgan fingerprint density at radius 2 is 1.14 bits per heavy atom. The Morgan fingerprint density at radius 1 is 0.676 bits per heavy atom. The third kappa shape index (κ3) is 11.7. The van der Waals surface area contributed by atoms with Gasteiger partial charge in [0.05, 0.1) is 0 Å². The number of rotatable bonds is 0. The molecule has 1 heterocycles. The van der Waals surface area contributed by atoms with Crippen LogP contribution in [0.5, 0.6) is 0 Å². The molecule has 221 valence electrons. The first-order chi connectivity index (χ1) is 15.6. The number of nitrogens with zero attached hydrogens (tertiary/aromatic N) is 2. The fourth-order valence-electron chi connectivity index (χ4n) is 3.77. The molecule has 1 aliphatic rings. The van der Waals surface area contributed by atoms with Crippen LogP contribution in [0.3, 0.4) is 0 Å². The van der Waals surface area contributed by atoms with Gasteiger partial charge < -0.3 is 24.8 Å². The Kier molecular flexibility index (Phi) is 15.8. The van der Waals surface area contributed by atoms with Gasteiger partial charge in [-0.25, -0.2) is 0 Å². The monoisotopic (exact) mass is 645 g/mol. The van der Waals surface area contributed by atoms with E-state index in [1.165, 1.54) is 0 Å². The van der Waals surface area contributed by atoms with Crippen molar-refractivity contribution in [1.82, 2.24) is 20.4 Å². The molecule has 0 spiro atoms. The zero-order chi connectivity index (χ0) is 27.5. The van der Waals surface area contributed by atoms with Crippen LogP contribution in [-0.4, -0.2) is 96.7 Å². The minimum absolute atomic E-state index is 0. The SMILES string of the molecule is CN1CCC(C(F)(F)F)NCCC(C(F)(F)F)NCC[C]([Ti+2])(C(F)(F)F)N(C)CCC1C(F)(F)F.[Cl-].[Cl-]. The molecule has 1 aliphatic heterocycles. The molecule has 0 aromatic heterocycles. The smallest absolute Gasteiger partial charge is 1.00 e. The second-order valence-corrected chi connectivity index (χ2v) is 9.82. The number of alkyl halides is 12. The molecule has 19 heteroatoms. The van der Waals surface area contributed by atoms with E-state index in [4.69, 9.17) is 0 Å². The van der Waals surface area contributed by atoms with Gasteiger partial charge in [-0.3, -0.25) is 0 Å². The summed E-state index contributed by atoms with van der Waals surface area (Å²) in [6.45, 7) is -3.14. The third-order valence-corrected chi connectivity index (χ3v) is 7.46. The zero-order valence-corrected chi connectivity index (χ0v) is 22.6. The van der Waals surface area contributed by atoms with Gasteiger partial charge in [0, 0.05) is 0 Å². The van der Waals surface area contributed by atoms with Crippen molar-refractivity contribution in [2.45, 2.75) is 72.4 Å². The van der Waals surface area contributed by atoms with E-state index in [2.05, 4.69) is 0 Å². The largest absolute Gasteiger partial charge is 1.00 e. The standard InChI is InChI=1S/C18H27F12N4.2ClH.Ti/c1-33-9-5-12(16(22,23)24)31-7-3-11(15(19,20)21)32-8-4-13(17(25,26)27)34(2)10-6-14(33)18(28,29)30;;;/h11-12,14,31-32H,3-10H2,1-2H3;2*1H;/q;;;+2/p-2. The summed E-state index contributed by atoms with van der Waals surface area (Å²) in [6.07, 6.45) is -23.4. The first-order valence-corrected chi connectivity index (χ1v) is 11.3. The second-order valence-electron chi connectivity index (χ2n) is 8.53. The van der Waals surface area contributed by atoms with E-state index < -0.39 is 98.5 Å². The van der Waals surface area contributed by atoms with Crippen LogP contribution in [0.1, 0.15) is 25.7 Å². The van der Waals surface area contributed by atoms with E-state index in [1.807, 2.05) is 10.6 Å². The topological polar surface area (TPSA) is 30.5 Å². The molecule has 0 aliphatic carbocycles.